The fourth-order valence-electron chi connectivity index (χ4n) is 2.59. The van der Waals surface area contributed by atoms with Gasteiger partial charge in [0.2, 0.25) is 0 Å². The van der Waals surface area contributed by atoms with Crippen LogP contribution in [0.1, 0.15) is 23.6 Å². The lowest BCUT2D eigenvalue weighted by molar-refractivity contribution is -0.131. The summed E-state index contributed by atoms with van der Waals surface area (Å²) in [5.74, 6) is 0.285. The van der Waals surface area contributed by atoms with Gasteiger partial charge >= 0.3 is 5.97 Å². The van der Waals surface area contributed by atoms with E-state index in [2.05, 4.69) is 44.3 Å². The molecule has 23 heavy (non-hydrogen) atoms. The van der Waals surface area contributed by atoms with E-state index >= 15 is 0 Å². The number of hydrogen-bond acceptors (Lipinski definition) is 2. The summed E-state index contributed by atoms with van der Waals surface area (Å²) in [6.45, 7) is 11.1. The van der Waals surface area contributed by atoms with Crippen molar-refractivity contribution < 1.29 is 9.53 Å². The van der Waals surface area contributed by atoms with Crippen LogP contribution in [0.2, 0.25) is 0 Å². The maximum atomic E-state index is 11.2. The average Bonchev–Trinajstić information content (AvgIpc) is 2.51. The van der Waals surface area contributed by atoms with Gasteiger partial charge in [0.1, 0.15) is 5.75 Å². The Kier molecular flexibility index (Phi) is 5.53. The third kappa shape index (κ3) is 4.19. The predicted octanol–water partition coefficient (Wildman–Crippen LogP) is 5.04. The van der Waals surface area contributed by atoms with E-state index < -0.39 is 0 Å². The lowest BCUT2D eigenvalue weighted by Gasteiger charge is -2.13. The molecular formula is C21H22O2. The van der Waals surface area contributed by atoms with E-state index in [1.165, 1.54) is 23.6 Å². The summed E-state index contributed by atoms with van der Waals surface area (Å²) in [4.78, 5) is 11.2. The van der Waals surface area contributed by atoms with Gasteiger partial charge in [0, 0.05) is 6.92 Å². The molecule has 0 saturated carbocycles. The molecule has 0 unspecified atom stereocenters. The molecule has 118 valence electrons. The normalized spacial score (nSPS) is 10.2. The topological polar surface area (TPSA) is 26.3 Å². The molecule has 0 aliphatic rings. The first-order valence-electron chi connectivity index (χ1n) is 7.68. The summed E-state index contributed by atoms with van der Waals surface area (Å²) in [5.41, 5.74) is 5.70. The van der Waals surface area contributed by atoms with Crippen LogP contribution in [0, 0.1) is 6.92 Å². The number of carbonyl (C=O) groups excluding carboxylic acids is 1. The molecule has 2 rings (SSSR count). The second-order valence-corrected chi connectivity index (χ2v) is 5.55. The van der Waals surface area contributed by atoms with E-state index in [0.717, 1.165) is 17.5 Å². The van der Waals surface area contributed by atoms with Crippen molar-refractivity contribution in [2.24, 2.45) is 0 Å². The highest BCUT2D eigenvalue weighted by molar-refractivity contribution is 5.73. The number of hydrogen-bond donors (Lipinski definition) is 0. The van der Waals surface area contributed by atoms with Crippen molar-refractivity contribution in [1.82, 2.24) is 0 Å². The molecule has 0 amide bonds. The van der Waals surface area contributed by atoms with Gasteiger partial charge in [-0.15, -0.1) is 13.2 Å². The monoisotopic (exact) mass is 306 g/mol. The Morgan fingerprint density at radius 2 is 1.83 bits per heavy atom. The first-order valence-corrected chi connectivity index (χ1v) is 7.68. The van der Waals surface area contributed by atoms with Crippen LogP contribution in [-0.4, -0.2) is 5.97 Å². The third-order valence-corrected chi connectivity index (χ3v) is 3.67. The first kappa shape index (κ1) is 16.8. The highest BCUT2D eigenvalue weighted by Crippen LogP contribution is 2.30. The molecule has 0 radical (unpaired) electrons. The zero-order chi connectivity index (χ0) is 16.8. The van der Waals surface area contributed by atoms with Crippen LogP contribution in [0.4, 0.5) is 0 Å². The summed E-state index contributed by atoms with van der Waals surface area (Å²) in [6.07, 6.45) is 5.22. The molecule has 0 aliphatic heterocycles. The van der Waals surface area contributed by atoms with Crippen LogP contribution in [0.25, 0.3) is 11.1 Å². The third-order valence-electron chi connectivity index (χ3n) is 3.67. The fourth-order valence-corrected chi connectivity index (χ4v) is 2.59. The molecule has 0 heterocycles. The predicted molar refractivity (Wildman–Crippen MR) is 95.7 cm³/mol. The van der Waals surface area contributed by atoms with E-state index in [9.17, 15) is 4.79 Å². The Labute approximate surface area is 138 Å². The molecule has 0 atom stereocenters. The molecule has 2 heteroatoms. The lowest BCUT2D eigenvalue weighted by atomic mass is 9.95. The zero-order valence-electron chi connectivity index (χ0n) is 13.8. The van der Waals surface area contributed by atoms with Crippen molar-refractivity contribution >= 4 is 5.97 Å². The number of rotatable bonds is 6. The quantitative estimate of drug-likeness (QED) is 0.424. The minimum Gasteiger partial charge on any atom is -0.426 e. The molecule has 2 aromatic carbocycles. The van der Waals surface area contributed by atoms with Crippen LogP contribution >= 0.6 is 0 Å². The molecule has 0 aromatic heterocycles. The van der Waals surface area contributed by atoms with Crippen LogP contribution < -0.4 is 4.74 Å². The van der Waals surface area contributed by atoms with Crippen LogP contribution in [0.15, 0.2) is 61.7 Å². The maximum Gasteiger partial charge on any atom is 0.308 e. The molecule has 0 bridgehead atoms. The standard InChI is InChI=1S/C21H22O2/c1-5-7-17-10-9-15(3)20(13-17)18-11-12-21(23-16(4)22)19(14-18)8-6-2/h5-6,9-14H,1-2,7-8H2,3-4H3. The average molecular weight is 306 g/mol. The molecule has 0 saturated heterocycles. The summed E-state index contributed by atoms with van der Waals surface area (Å²) in [6, 6.07) is 12.4. The van der Waals surface area contributed by atoms with Gasteiger partial charge in [-0.2, -0.15) is 0 Å². The largest absolute Gasteiger partial charge is 0.426 e. The molecule has 0 fully saturated rings. The molecule has 2 aromatic rings. The smallest absolute Gasteiger partial charge is 0.308 e. The maximum absolute atomic E-state index is 11.2. The Morgan fingerprint density at radius 3 is 2.48 bits per heavy atom. The van der Waals surface area contributed by atoms with Gasteiger partial charge in [0.25, 0.3) is 0 Å². The SMILES string of the molecule is C=CCc1ccc(C)c(-c2ccc(OC(C)=O)c(CC=C)c2)c1. The number of esters is 1. The van der Waals surface area contributed by atoms with Crippen LogP contribution in [0.3, 0.4) is 0 Å². The van der Waals surface area contributed by atoms with E-state index in [-0.39, 0.29) is 5.97 Å². The van der Waals surface area contributed by atoms with E-state index in [4.69, 9.17) is 4.74 Å². The molecule has 0 N–H and O–H groups in total. The number of benzene rings is 2. The van der Waals surface area contributed by atoms with E-state index in [1.54, 1.807) is 0 Å². The van der Waals surface area contributed by atoms with Crippen molar-refractivity contribution in [3.05, 3.63) is 78.4 Å². The summed E-state index contributed by atoms with van der Waals surface area (Å²) < 4.78 is 5.28. The van der Waals surface area contributed by atoms with Crippen LogP contribution in [-0.2, 0) is 17.6 Å². The number of carbonyl (C=O) groups is 1. The molecule has 2 nitrogen and oxygen atoms in total. The molecule has 0 aliphatic carbocycles. The number of ether oxygens (including phenoxy) is 1. The Hall–Kier alpha value is -2.61. The zero-order valence-corrected chi connectivity index (χ0v) is 13.8. The molecule has 0 spiro atoms. The molecular weight excluding hydrogens is 284 g/mol. The van der Waals surface area contributed by atoms with Crippen molar-refractivity contribution in [3.63, 3.8) is 0 Å². The van der Waals surface area contributed by atoms with Crippen molar-refractivity contribution in [3.8, 4) is 16.9 Å². The lowest BCUT2D eigenvalue weighted by Crippen LogP contribution is -2.04. The van der Waals surface area contributed by atoms with Gasteiger partial charge in [-0.25, -0.2) is 0 Å². The fraction of sp³-hybridized carbons (Fsp3) is 0.190. The van der Waals surface area contributed by atoms with Crippen LogP contribution in [0.5, 0.6) is 5.75 Å². The van der Waals surface area contributed by atoms with Crippen molar-refractivity contribution in [2.45, 2.75) is 26.7 Å². The summed E-state index contributed by atoms with van der Waals surface area (Å²) >= 11 is 0. The van der Waals surface area contributed by atoms with Gasteiger partial charge < -0.3 is 4.74 Å². The summed E-state index contributed by atoms with van der Waals surface area (Å²) in [7, 11) is 0. The highest BCUT2D eigenvalue weighted by Gasteiger charge is 2.10. The van der Waals surface area contributed by atoms with Gasteiger partial charge in [-0.3, -0.25) is 4.79 Å². The minimum atomic E-state index is -0.313. The number of aryl methyl sites for hydroxylation is 1. The Balaban J connectivity index is 2.49. The minimum absolute atomic E-state index is 0.313. The van der Waals surface area contributed by atoms with Gasteiger partial charge in [0.15, 0.2) is 0 Å². The number of allylic oxidation sites excluding steroid dienone is 2. The second kappa shape index (κ2) is 7.59. The van der Waals surface area contributed by atoms with Crippen molar-refractivity contribution in [2.75, 3.05) is 0 Å². The second-order valence-electron chi connectivity index (χ2n) is 5.55. The van der Waals surface area contributed by atoms with Gasteiger partial charge in [-0.1, -0.05) is 36.4 Å². The van der Waals surface area contributed by atoms with E-state index in [1.807, 2.05) is 24.3 Å². The van der Waals surface area contributed by atoms with Gasteiger partial charge in [0.05, 0.1) is 0 Å². The highest BCUT2D eigenvalue weighted by atomic mass is 16.5. The first-order chi connectivity index (χ1) is 11.0. The van der Waals surface area contributed by atoms with Gasteiger partial charge in [-0.05, 0) is 59.7 Å². The Bertz CT molecular complexity index is 742. The summed E-state index contributed by atoms with van der Waals surface area (Å²) in [5, 5.41) is 0. The van der Waals surface area contributed by atoms with Crippen molar-refractivity contribution in [1.29, 1.82) is 0 Å². The van der Waals surface area contributed by atoms with E-state index in [0.29, 0.717) is 12.2 Å². The Morgan fingerprint density at radius 1 is 1.09 bits per heavy atom.